The van der Waals surface area contributed by atoms with Gasteiger partial charge in [0.15, 0.2) is 11.6 Å². The SMILES string of the molecule is Cl.Fc1ccc(OC(c2ccc(Cl)c(Cl)c2)C2CNC2)cc1F. The Morgan fingerprint density at radius 1 is 1.00 bits per heavy atom. The minimum atomic E-state index is -0.933. The van der Waals surface area contributed by atoms with Crippen molar-refractivity contribution in [3.8, 4) is 5.75 Å². The molecule has 1 N–H and O–H groups in total. The van der Waals surface area contributed by atoms with E-state index in [1.807, 2.05) is 6.07 Å². The molecule has 124 valence electrons. The molecule has 7 heteroatoms. The summed E-state index contributed by atoms with van der Waals surface area (Å²) in [6.45, 7) is 1.57. The number of hydrogen-bond acceptors (Lipinski definition) is 2. The second kappa shape index (κ2) is 7.67. The molecule has 1 atom stereocenters. The van der Waals surface area contributed by atoms with Gasteiger partial charge < -0.3 is 10.1 Å². The maximum atomic E-state index is 13.3. The molecule has 0 saturated carbocycles. The number of rotatable bonds is 4. The van der Waals surface area contributed by atoms with E-state index in [-0.39, 0.29) is 30.2 Å². The molecule has 0 aliphatic carbocycles. The highest BCUT2D eigenvalue weighted by Gasteiger charge is 2.30. The molecule has 23 heavy (non-hydrogen) atoms. The highest BCUT2D eigenvalue weighted by Crippen LogP contribution is 2.34. The van der Waals surface area contributed by atoms with Crippen molar-refractivity contribution in [3.63, 3.8) is 0 Å². The van der Waals surface area contributed by atoms with E-state index in [1.165, 1.54) is 6.07 Å². The molecule has 0 amide bonds. The average Bonchev–Trinajstić information content (AvgIpc) is 2.43. The van der Waals surface area contributed by atoms with Crippen LogP contribution < -0.4 is 10.1 Å². The van der Waals surface area contributed by atoms with Gasteiger partial charge in [0, 0.05) is 25.1 Å². The standard InChI is InChI=1S/C16H13Cl2F2NO.ClH/c17-12-3-1-9(5-13(12)18)16(10-7-21-8-10)22-11-2-4-14(19)15(20)6-11;/h1-6,10,16,21H,7-8H2;1H. The molecule has 1 aliphatic heterocycles. The summed E-state index contributed by atoms with van der Waals surface area (Å²) in [7, 11) is 0. The predicted molar refractivity (Wildman–Crippen MR) is 89.8 cm³/mol. The number of benzene rings is 2. The van der Waals surface area contributed by atoms with Crippen molar-refractivity contribution in [2.45, 2.75) is 6.10 Å². The molecule has 0 aromatic heterocycles. The van der Waals surface area contributed by atoms with Crippen LogP contribution in [0.1, 0.15) is 11.7 Å². The van der Waals surface area contributed by atoms with Gasteiger partial charge in [0.2, 0.25) is 0 Å². The average molecular weight is 381 g/mol. The van der Waals surface area contributed by atoms with Gasteiger partial charge in [-0.05, 0) is 29.8 Å². The molecule has 1 aliphatic rings. The van der Waals surface area contributed by atoms with Crippen LogP contribution >= 0.6 is 35.6 Å². The quantitative estimate of drug-likeness (QED) is 0.803. The molecular formula is C16H14Cl3F2NO. The van der Waals surface area contributed by atoms with Crippen LogP contribution in [0.25, 0.3) is 0 Å². The summed E-state index contributed by atoms with van der Waals surface area (Å²) in [5.74, 6) is -1.33. The summed E-state index contributed by atoms with van der Waals surface area (Å²) in [6.07, 6.45) is -0.305. The molecular weight excluding hydrogens is 367 g/mol. The molecule has 3 rings (SSSR count). The summed E-state index contributed by atoms with van der Waals surface area (Å²) in [6, 6.07) is 8.79. The molecule has 2 aromatic rings. The van der Waals surface area contributed by atoms with Crippen LogP contribution in [-0.4, -0.2) is 13.1 Å². The first kappa shape index (κ1) is 18.3. The van der Waals surface area contributed by atoms with E-state index < -0.39 is 11.6 Å². The Kier molecular flexibility index (Phi) is 6.09. The zero-order valence-electron chi connectivity index (χ0n) is 11.9. The van der Waals surface area contributed by atoms with E-state index >= 15 is 0 Å². The summed E-state index contributed by atoms with van der Waals surface area (Å²) >= 11 is 12.0. The maximum absolute atomic E-state index is 13.3. The highest BCUT2D eigenvalue weighted by molar-refractivity contribution is 6.42. The minimum absolute atomic E-state index is 0. The van der Waals surface area contributed by atoms with Crippen LogP contribution in [0, 0.1) is 17.6 Å². The van der Waals surface area contributed by atoms with E-state index in [1.54, 1.807) is 12.1 Å². The van der Waals surface area contributed by atoms with E-state index in [0.717, 1.165) is 30.8 Å². The van der Waals surface area contributed by atoms with Gasteiger partial charge in [-0.3, -0.25) is 0 Å². The van der Waals surface area contributed by atoms with Gasteiger partial charge in [-0.2, -0.15) is 0 Å². The summed E-state index contributed by atoms with van der Waals surface area (Å²) in [5.41, 5.74) is 0.852. The molecule has 2 nitrogen and oxygen atoms in total. The minimum Gasteiger partial charge on any atom is -0.485 e. The molecule has 1 fully saturated rings. The van der Waals surface area contributed by atoms with Gasteiger partial charge in [0.1, 0.15) is 11.9 Å². The van der Waals surface area contributed by atoms with Crippen molar-refractivity contribution in [2.24, 2.45) is 5.92 Å². The van der Waals surface area contributed by atoms with E-state index in [2.05, 4.69) is 5.32 Å². The third-order valence-electron chi connectivity index (χ3n) is 3.67. The topological polar surface area (TPSA) is 21.3 Å². The van der Waals surface area contributed by atoms with E-state index in [9.17, 15) is 8.78 Å². The smallest absolute Gasteiger partial charge is 0.162 e. The van der Waals surface area contributed by atoms with Gasteiger partial charge in [0.05, 0.1) is 10.0 Å². The monoisotopic (exact) mass is 379 g/mol. The fourth-order valence-electron chi connectivity index (χ4n) is 2.35. The van der Waals surface area contributed by atoms with Crippen LogP contribution in [-0.2, 0) is 0 Å². The molecule has 2 aromatic carbocycles. The first-order valence-electron chi connectivity index (χ1n) is 6.82. The molecule has 1 saturated heterocycles. The van der Waals surface area contributed by atoms with Crippen molar-refractivity contribution in [2.75, 3.05) is 13.1 Å². The predicted octanol–water partition coefficient (Wildman–Crippen LogP) is 5.03. The third kappa shape index (κ3) is 4.07. The van der Waals surface area contributed by atoms with Crippen molar-refractivity contribution in [1.29, 1.82) is 0 Å². The van der Waals surface area contributed by atoms with Crippen molar-refractivity contribution in [3.05, 3.63) is 63.6 Å². The Morgan fingerprint density at radius 3 is 2.30 bits per heavy atom. The Bertz CT molecular complexity index is 695. The number of ether oxygens (including phenoxy) is 1. The second-order valence-electron chi connectivity index (χ2n) is 5.21. The Morgan fingerprint density at radius 2 is 1.74 bits per heavy atom. The van der Waals surface area contributed by atoms with Crippen LogP contribution in [0.2, 0.25) is 10.0 Å². The fraction of sp³-hybridized carbons (Fsp3) is 0.250. The first-order valence-corrected chi connectivity index (χ1v) is 7.57. The lowest BCUT2D eigenvalue weighted by Gasteiger charge is -2.35. The lowest BCUT2D eigenvalue weighted by Crippen LogP contribution is -2.46. The largest absolute Gasteiger partial charge is 0.485 e. The van der Waals surface area contributed by atoms with E-state index in [4.69, 9.17) is 27.9 Å². The number of nitrogens with one attached hydrogen (secondary N) is 1. The van der Waals surface area contributed by atoms with Crippen LogP contribution in [0.4, 0.5) is 8.78 Å². The van der Waals surface area contributed by atoms with Gasteiger partial charge >= 0.3 is 0 Å². The summed E-state index contributed by atoms with van der Waals surface area (Å²) in [4.78, 5) is 0. The van der Waals surface area contributed by atoms with Crippen LogP contribution in [0.5, 0.6) is 5.75 Å². The van der Waals surface area contributed by atoms with Gasteiger partial charge in [-0.1, -0.05) is 29.3 Å². The Hall–Kier alpha value is -1.07. The molecule has 0 spiro atoms. The maximum Gasteiger partial charge on any atom is 0.162 e. The van der Waals surface area contributed by atoms with Gasteiger partial charge in [0.25, 0.3) is 0 Å². The molecule has 0 bridgehead atoms. The number of hydrogen-bond donors (Lipinski definition) is 1. The zero-order chi connectivity index (χ0) is 15.7. The van der Waals surface area contributed by atoms with Gasteiger partial charge in [-0.15, -0.1) is 12.4 Å². The summed E-state index contributed by atoms with van der Waals surface area (Å²) in [5, 5.41) is 4.07. The Balaban J connectivity index is 0.00000192. The fourth-order valence-corrected chi connectivity index (χ4v) is 2.65. The second-order valence-corrected chi connectivity index (χ2v) is 6.02. The number of halogens is 5. The lowest BCUT2D eigenvalue weighted by molar-refractivity contribution is 0.0988. The first-order chi connectivity index (χ1) is 10.5. The normalized spacial score (nSPS) is 15.5. The Labute approximate surface area is 149 Å². The van der Waals surface area contributed by atoms with Crippen LogP contribution in [0.15, 0.2) is 36.4 Å². The van der Waals surface area contributed by atoms with Crippen molar-refractivity contribution < 1.29 is 13.5 Å². The molecule has 1 unspecified atom stereocenters. The van der Waals surface area contributed by atoms with Crippen molar-refractivity contribution >= 4 is 35.6 Å². The zero-order valence-corrected chi connectivity index (χ0v) is 14.2. The highest BCUT2D eigenvalue weighted by atomic mass is 35.5. The van der Waals surface area contributed by atoms with E-state index in [0.29, 0.717) is 10.0 Å². The molecule has 1 heterocycles. The molecule has 0 radical (unpaired) electrons. The third-order valence-corrected chi connectivity index (χ3v) is 4.41. The summed E-state index contributed by atoms with van der Waals surface area (Å²) < 4.78 is 32.2. The lowest BCUT2D eigenvalue weighted by atomic mass is 9.91. The van der Waals surface area contributed by atoms with Crippen molar-refractivity contribution in [1.82, 2.24) is 5.32 Å². The van der Waals surface area contributed by atoms with Crippen LogP contribution in [0.3, 0.4) is 0 Å². The van der Waals surface area contributed by atoms with Gasteiger partial charge in [-0.25, -0.2) is 8.78 Å².